The van der Waals surface area contributed by atoms with E-state index in [-0.39, 0.29) is 6.04 Å². The van der Waals surface area contributed by atoms with Gasteiger partial charge in [-0.1, -0.05) is 13.8 Å². The van der Waals surface area contributed by atoms with Crippen LogP contribution >= 0.6 is 0 Å². The molecule has 1 unspecified atom stereocenters. The molecule has 1 aromatic heterocycles. The van der Waals surface area contributed by atoms with Crippen LogP contribution in [0.2, 0.25) is 0 Å². The number of nitrogens with one attached hydrogen (secondary N) is 1. The zero-order chi connectivity index (χ0) is 15.6. The second-order valence-electron chi connectivity index (χ2n) is 5.90. The number of hydrogen-bond donors (Lipinski definition) is 1. The van der Waals surface area contributed by atoms with Crippen LogP contribution in [0.5, 0.6) is 0 Å². The van der Waals surface area contributed by atoms with Crippen LogP contribution in [-0.4, -0.2) is 35.9 Å². The van der Waals surface area contributed by atoms with Gasteiger partial charge >= 0.3 is 0 Å². The Morgan fingerprint density at radius 1 is 1.43 bits per heavy atom. The number of hydrogen-bond acceptors (Lipinski definition) is 3. The van der Waals surface area contributed by atoms with E-state index in [9.17, 15) is 8.42 Å². The fourth-order valence-corrected chi connectivity index (χ4v) is 4.30. The summed E-state index contributed by atoms with van der Waals surface area (Å²) in [6.45, 7) is 7.09. The molecule has 0 aliphatic heterocycles. The first-order chi connectivity index (χ1) is 9.90. The molecule has 0 amide bonds. The molecule has 1 aromatic rings. The van der Waals surface area contributed by atoms with E-state index in [1.165, 1.54) is 12.8 Å². The molecule has 0 radical (unpaired) electrons. The van der Waals surface area contributed by atoms with Crippen molar-refractivity contribution < 1.29 is 8.42 Å². The van der Waals surface area contributed by atoms with Gasteiger partial charge < -0.3 is 9.88 Å². The topological polar surface area (TPSA) is 54.3 Å². The fraction of sp³-hybridized carbons (Fsp3) is 0.733. The van der Waals surface area contributed by atoms with E-state index < -0.39 is 10.0 Å². The molecule has 1 N–H and O–H groups in total. The second kappa shape index (κ2) is 6.50. The largest absolute Gasteiger partial charge is 0.352 e. The molecule has 120 valence electrons. The molecule has 1 atom stereocenters. The molecule has 0 aromatic carbocycles. The van der Waals surface area contributed by atoms with E-state index >= 15 is 0 Å². The van der Waals surface area contributed by atoms with Crippen molar-refractivity contribution in [2.75, 3.05) is 6.54 Å². The van der Waals surface area contributed by atoms with Gasteiger partial charge in [0.1, 0.15) is 4.90 Å². The molecule has 2 rings (SSSR count). The zero-order valence-electron chi connectivity index (χ0n) is 13.5. The summed E-state index contributed by atoms with van der Waals surface area (Å²) in [7, 11) is -1.50. The number of nitrogens with zero attached hydrogens (tertiary/aromatic N) is 2. The van der Waals surface area contributed by atoms with Gasteiger partial charge in [0.25, 0.3) is 0 Å². The highest BCUT2D eigenvalue weighted by atomic mass is 32.2. The van der Waals surface area contributed by atoms with E-state index in [1.807, 2.05) is 32.4 Å². The summed E-state index contributed by atoms with van der Waals surface area (Å²) in [6, 6.07) is 2.44. The molecule has 1 aliphatic carbocycles. The molecule has 0 saturated heterocycles. The number of aryl methyl sites for hydroxylation is 1. The summed E-state index contributed by atoms with van der Waals surface area (Å²) in [6.07, 6.45) is 5.00. The molecule has 1 aliphatic rings. The molecule has 6 heteroatoms. The Morgan fingerprint density at radius 3 is 2.62 bits per heavy atom. The van der Waals surface area contributed by atoms with Gasteiger partial charge in [-0.2, -0.15) is 4.31 Å². The van der Waals surface area contributed by atoms with Crippen LogP contribution in [-0.2, 0) is 23.6 Å². The summed E-state index contributed by atoms with van der Waals surface area (Å²) < 4.78 is 29.0. The van der Waals surface area contributed by atoms with Gasteiger partial charge in [-0.3, -0.25) is 0 Å². The Morgan fingerprint density at radius 2 is 2.10 bits per heavy atom. The molecule has 1 saturated carbocycles. The Kier molecular flexibility index (Phi) is 5.11. The molecule has 5 nitrogen and oxygen atoms in total. The van der Waals surface area contributed by atoms with Crippen molar-refractivity contribution in [3.05, 3.63) is 18.0 Å². The lowest BCUT2D eigenvalue weighted by Gasteiger charge is -2.25. The molecule has 0 bridgehead atoms. The Labute approximate surface area is 128 Å². The van der Waals surface area contributed by atoms with Crippen molar-refractivity contribution >= 4 is 10.0 Å². The van der Waals surface area contributed by atoms with E-state index in [0.29, 0.717) is 17.5 Å². The molecular weight excluding hydrogens is 286 g/mol. The van der Waals surface area contributed by atoms with Crippen LogP contribution in [0, 0.1) is 0 Å². The molecule has 21 heavy (non-hydrogen) atoms. The molecule has 1 fully saturated rings. The highest BCUT2D eigenvalue weighted by molar-refractivity contribution is 7.89. The minimum Gasteiger partial charge on any atom is -0.352 e. The summed E-state index contributed by atoms with van der Waals surface area (Å²) >= 11 is 0. The molecular formula is C15H27N3O2S. The quantitative estimate of drug-likeness (QED) is 0.799. The third-order valence-electron chi connectivity index (χ3n) is 4.23. The SMILES string of the molecule is CCC(C)N(CC)S(=O)(=O)c1cc(CNC2CC2)n(C)c1. The van der Waals surface area contributed by atoms with Crippen molar-refractivity contribution in [2.24, 2.45) is 7.05 Å². The van der Waals surface area contributed by atoms with E-state index in [4.69, 9.17) is 0 Å². The third-order valence-corrected chi connectivity index (χ3v) is 6.29. The predicted molar refractivity (Wildman–Crippen MR) is 84.6 cm³/mol. The minimum atomic E-state index is -3.40. The van der Waals surface area contributed by atoms with Crippen LogP contribution in [0.25, 0.3) is 0 Å². The maximum atomic E-state index is 12.8. The van der Waals surface area contributed by atoms with Gasteiger partial charge in [0.05, 0.1) is 0 Å². The molecule has 0 spiro atoms. The van der Waals surface area contributed by atoms with Crippen LogP contribution in [0.1, 0.15) is 45.7 Å². The summed E-state index contributed by atoms with van der Waals surface area (Å²) in [4.78, 5) is 0.403. The summed E-state index contributed by atoms with van der Waals surface area (Å²) in [5, 5.41) is 3.43. The van der Waals surface area contributed by atoms with Gasteiger partial charge in [0.2, 0.25) is 10.0 Å². The normalized spacial score (nSPS) is 17.4. The lowest BCUT2D eigenvalue weighted by Crippen LogP contribution is -2.37. The second-order valence-corrected chi connectivity index (χ2v) is 7.79. The average Bonchev–Trinajstić information content (AvgIpc) is 3.19. The lowest BCUT2D eigenvalue weighted by atomic mass is 10.3. The number of rotatable bonds is 8. The zero-order valence-corrected chi connectivity index (χ0v) is 14.3. The standard InChI is InChI=1S/C15H27N3O2S/c1-5-12(3)18(6-2)21(19,20)15-9-14(17(4)11-15)10-16-13-7-8-13/h9,11-13,16H,5-8,10H2,1-4H3. The van der Waals surface area contributed by atoms with E-state index in [2.05, 4.69) is 5.32 Å². The summed E-state index contributed by atoms with van der Waals surface area (Å²) in [5.41, 5.74) is 1.01. The van der Waals surface area contributed by atoms with Gasteiger partial charge in [0, 0.05) is 44.1 Å². The summed E-state index contributed by atoms with van der Waals surface area (Å²) in [5.74, 6) is 0. The first-order valence-electron chi connectivity index (χ1n) is 7.80. The first-order valence-corrected chi connectivity index (χ1v) is 9.24. The van der Waals surface area contributed by atoms with Crippen molar-refractivity contribution in [1.82, 2.24) is 14.2 Å². The Balaban J connectivity index is 2.20. The van der Waals surface area contributed by atoms with Crippen LogP contribution in [0.3, 0.4) is 0 Å². The van der Waals surface area contributed by atoms with Crippen LogP contribution < -0.4 is 5.32 Å². The predicted octanol–water partition coefficient (Wildman–Crippen LogP) is 2.09. The highest BCUT2D eigenvalue weighted by Crippen LogP contribution is 2.23. The van der Waals surface area contributed by atoms with Crippen LogP contribution in [0.4, 0.5) is 0 Å². The molecule has 1 heterocycles. The maximum Gasteiger partial charge on any atom is 0.244 e. The van der Waals surface area contributed by atoms with Gasteiger partial charge in [-0.05, 0) is 32.3 Å². The van der Waals surface area contributed by atoms with Crippen molar-refractivity contribution in [3.63, 3.8) is 0 Å². The lowest BCUT2D eigenvalue weighted by molar-refractivity contribution is 0.342. The van der Waals surface area contributed by atoms with E-state index in [0.717, 1.165) is 18.7 Å². The van der Waals surface area contributed by atoms with E-state index in [1.54, 1.807) is 16.6 Å². The minimum absolute atomic E-state index is 0.0215. The fourth-order valence-electron chi connectivity index (χ4n) is 2.49. The van der Waals surface area contributed by atoms with Gasteiger partial charge in [-0.25, -0.2) is 8.42 Å². The maximum absolute atomic E-state index is 12.8. The van der Waals surface area contributed by atoms with Gasteiger partial charge in [-0.15, -0.1) is 0 Å². The van der Waals surface area contributed by atoms with Crippen molar-refractivity contribution in [1.29, 1.82) is 0 Å². The van der Waals surface area contributed by atoms with Crippen molar-refractivity contribution in [2.45, 2.75) is 63.6 Å². The monoisotopic (exact) mass is 313 g/mol. The average molecular weight is 313 g/mol. The highest BCUT2D eigenvalue weighted by Gasteiger charge is 2.28. The Bertz CT molecular complexity index is 576. The third kappa shape index (κ3) is 3.67. The first kappa shape index (κ1) is 16.5. The Hall–Kier alpha value is -0.850. The van der Waals surface area contributed by atoms with Gasteiger partial charge in [0.15, 0.2) is 0 Å². The smallest absolute Gasteiger partial charge is 0.244 e. The van der Waals surface area contributed by atoms with Crippen LogP contribution in [0.15, 0.2) is 17.2 Å². The van der Waals surface area contributed by atoms with Crippen molar-refractivity contribution in [3.8, 4) is 0 Å². The number of aromatic nitrogens is 1. The number of sulfonamides is 1.